The van der Waals surface area contributed by atoms with Gasteiger partial charge < -0.3 is 66.8 Å². The summed E-state index contributed by atoms with van der Waals surface area (Å²) in [5, 5.41) is 14.4. The number of nitrogens with zero attached hydrogens (tertiary/aromatic N) is 1. The largest absolute Gasteiger partial charge is 0.496 e. The predicted molar refractivity (Wildman–Crippen MR) is 231 cm³/mol. The average Bonchev–Trinajstić information content (AvgIpc) is 3.95. The van der Waals surface area contributed by atoms with Crippen LogP contribution in [0.2, 0.25) is 0 Å². The Balaban J connectivity index is 0.888. The zero-order valence-corrected chi connectivity index (χ0v) is 37.1. The summed E-state index contributed by atoms with van der Waals surface area (Å²) < 4.78 is 68.0. The number of oxime groups is 1. The molecule has 2 aromatic carbocycles. The number of carbonyl (C=O) groups excluding carboxylic acids is 2. The van der Waals surface area contributed by atoms with Crippen LogP contribution < -0.4 is 30.2 Å². The molecule has 2 aromatic rings. The minimum Gasteiger partial charge on any atom is -0.496 e. The van der Waals surface area contributed by atoms with E-state index < -0.39 is 0 Å². The molecule has 0 bridgehead atoms. The van der Waals surface area contributed by atoms with E-state index >= 15 is 0 Å². The number of hydrogen-bond donors (Lipinski definition) is 3. The number of aliphatic hydroxyl groups is 1. The third-order valence-electron chi connectivity index (χ3n) is 10.3. The van der Waals surface area contributed by atoms with Gasteiger partial charge in [-0.05, 0) is 43.2 Å². The molecular weight excluding hydrogens is 838 g/mol. The smallest absolute Gasteiger partial charge is 0.236 e. The van der Waals surface area contributed by atoms with Crippen molar-refractivity contribution in [1.82, 2.24) is 5.43 Å². The normalized spacial score (nSPS) is 17.1. The molecule has 356 valence electrons. The van der Waals surface area contributed by atoms with Gasteiger partial charge >= 0.3 is 0 Å². The molecule has 5 rings (SSSR count). The number of ketones is 1. The van der Waals surface area contributed by atoms with Gasteiger partial charge in [-0.15, -0.1) is 0 Å². The molecule has 0 saturated carbocycles. The van der Waals surface area contributed by atoms with Crippen molar-refractivity contribution in [2.45, 2.75) is 57.3 Å². The van der Waals surface area contributed by atoms with Crippen LogP contribution in [0.15, 0.2) is 41.6 Å². The summed E-state index contributed by atoms with van der Waals surface area (Å²) in [6.45, 7) is 12.8. The number of carbonyl (C=O) groups is 2. The number of amides is 1. The fourth-order valence-electron chi connectivity index (χ4n) is 6.99. The second-order valence-electron chi connectivity index (χ2n) is 15.0. The van der Waals surface area contributed by atoms with Crippen LogP contribution in [0.5, 0.6) is 23.0 Å². The van der Waals surface area contributed by atoms with E-state index in [2.05, 4.69) is 11.7 Å². The van der Waals surface area contributed by atoms with Gasteiger partial charge in [0.25, 0.3) is 0 Å². The van der Waals surface area contributed by atoms with Gasteiger partial charge in [0.1, 0.15) is 48.0 Å². The van der Waals surface area contributed by atoms with Crippen molar-refractivity contribution in [2.24, 2.45) is 11.0 Å². The lowest BCUT2D eigenvalue weighted by atomic mass is 9.83. The van der Waals surface area contributed by atoms with Gasteiger partial charge in [-0.2, -0.15) is 0 Å². The molecule has 0 radical (unpaired) electrons. The van der Waals surface area contributed by atoms with Gasteiger partial charge in [0.15, 0.2) is 11.9 Å². The Kier molecular flexibility index (Phi) is 22.5. The molecule has 0 saturated heterocycles. The van der Waals surface area contributed by atoms with Gasteiger partial charge in [-0.1, -0.05) is 11.7 Å². The fraction of sp³-hybridized carbons (Fsp3) is 0.622. The van der Waals surface area contributed by atoms with E-state index in [9.17, 15) is 14.7 Å². The molecule has 19 nitrogen and oxygen atoms in total. The number of nitrogens with one attached hydrogen (secondary N) is 1. The van der Waals surface area contributed by atoms with Crippen LogP contribution >= 0.6 is 0 Å². The molecule has 0 aromatic heterocycles. The molecule has 3 aliphatic heterocycles. The summed E-state index contributed by atoms with van der Waals surface area (Å²) in [4.78, 5) is 30.0. The molecule has 0 fully saturated rings. The average molecular weight is 904 g/mol. The van der Waals surface area contributed by atoms with Crippen molar-refractivity contribution in [3.63, 3.8) is 0 Å². The molecule has 1 amide bonds. The minimum absolute atomic E-state index is 0.0651. The maximum absolute atomic E-state index is 13.1. The third-order valence-corrected chi connectivity index (χ3v) is 10.3. The zero-order valence-electron chi connectivity index (χ0n) is 37.1. The van der Waals surface area contributed by atoms with Crippen LogP contribution in [0.25, 0.3) is 0 Å². The van der Waals surface area contributed by atoms with Crippen LogP contribution in [0.4, 0.5) is 0 Å². The van der Waals surface area contributed by atoms with Crippen molar-refractivity contribution in [1.29, 1.82) is 0 Å². The fourth-order valence-corrected chi connectivity index (χ4v) is 6.99. The lowest BCUT2D eigenvalue weighted by Gasteiger charge is -2.29. The van der Waals surface area contributed by atoms with Gasteiger partial charge in [-0.25, -0.2) is 5.84 Å². The second kappa shape index (κ2) is 28.5. The summed E-state index contributed by atoms with van der Waals surface area (Å²) in [5.41, 5.74) is 6.58. The number of rotatable bonds is 35. The van der Waals surface area contributed by atoms with Crippen LogP contribution in [-0.2, 0) is 65.3 Å². The highest BCUT2D eigenvalue weighted by molar-refractivity contribution is 6.09. The molecule has 0 spiro atoms. The third kappa shape index (κ3) is 15.9. The van der Waals surface area contributed by atoms with E-state index in [0.717, 1.165) is 16.7 Å². The Morgan fingerprint density at radius 2 is 1.39 bits per heavy atom. The molecule has 0 aliphatic carbocycles. The maximum Gasteiger partial charge on any atom is 0.236 e. The summed E-state index contributed by atoms with van der Waals surface area (Å²) in [6, 6.07) is 7.45. The highest BCUT2D eigenvalue weighted by Crippen LogP contribution is 2.47. The molecule has 3 aliphatic rings. The van der Waals surface area contributed by atoms with E-state index in [1.165, 1.54) is 0 Å². The van der Waals surface area contributed by atoms with E-state index in [4.69, 9.17) is 67.5 Å². The standard InChI is InChI=1S/C45H65N3O16/c1-31(2)38-27-36-37(63-38)7-6-34(44-43-35-26-39(52-3)32(28-49)25-40(35)61-30-41(43)64-48-44)45(36)62-29-33(50)5-4-9-53-11-13-55-15-17-57-19-21-59-23-24-60-22-20-58-18-16-56-14-12-54-10-8-42(51)47-46/h6-7,25-26,38,41,43,49H,1,4-5,8-24,27-30,46H2,2-3H3,(H,47,51)/t38-,41?,43?/m1/s1. The SMILES string of the molecule is C=C(C)[C@H]1Cc2c(ccc(C3=NOC4COc5cc(CO)c(OC)cc5C34)c2OCC(=O)CCCOCCOCCOCCOCCOCCOCCOCCOCCC(=O)NN)O1. The molecule has 3 atom stereocenters. The van der Waals surface area contributed by atoms with E-state index in [1.807, 2.05) is 30.5 Å². The first-order valence-corrected chi connectivity index (χ1v) is 21.8. The second-order valence-corrected chi connectivity index (χ2v) is 15.0. The summed E-state index contributed by atoms with van der Waals surface area (Å²) >= 11 is 0. The maximum atomic E-state index is 13.1. The highest BCUT2D eigenvalue weighted by atomic mass is 16.7. The van der Waals surface area contributed by atoms with Crippen LogP contribution in [-0.4, -0.2) is 161 Å². The number of Topliss-reactive ketones (excluding diaryl/α,β-unsaturated/α-hetero) is 1. The molecule has 4 N–H and O–H groups in total. The number of methoxy groups -OCH3 is 1. The van der Waals surface area contributed by atoms with Crippen molar-refractivity contribution in [3.8, 4) is 23.0 Å². The van der Waals surface area contributed by atoms with E-state index in [-0.39, 0.29) is 62.5 Å². The number of ether oxygens (including phenoxy) is 12. The first-order chi connectivity index (χ1) is 31.3. The van der Waals surface area contributed by atoms with Crippen LogP contribution in [0, 0.1) is 0 Å². The first-order valence-electron chi connectivity index (χ1n) is 21.8. The lowest BCUT2D eigenvalue weighted by molar-refractivity contribution is -0.122. The molecule has 64 heavy (non-hydrogen) atoms. The Labute approximate surface area is 374 Å². The number of nitrogens with two attached hydrogens (primary N) is 1. The Morgan fingerprint density at radius 3 is 1.94 bits per heavy atom. The van der Waals surface area contributed by atoms with Gasteiger partial charge in [0.05, 0.1) is 125 Å². The van der Waals surface area contributed by atoms with E-state index in [0.29, 0.717) is 158 Å². The van der Waals surface area contributed by atoms with E-state index in [1.54, 1.807) is 13.2 Å². The Hall–Kier alpha value is -4.41. The monoisotopic (exact) mass is 903 g/mol. The Morgan fingerprint density at radius 1 is 0.812 bits per heavy atom. The number of hydrogen-bond acceptors (Lipinski definition) is 18. The Bertz CT molecular complexity index is 1790. The van der Waals surface area contributed by atoms with Crippen molar-refractivity contribution < 1.29 is 76.4 Å². The first kappa shape index (κ1) is 50.6. The molecule has 2 unspecified atom stereocenters. The number of aliphatic hydroxyl groups excluding tert-OH is 1. The van der Waals surface area contributed by atoms with Crippen LogP contribution in [0.1, 0.15) is 54.4 Å². The van der Waals surface area contributed by atoms with Crippen molar-refractivity contribution in [2.75, 3.05) is 126 Å². The number of hydrazine groups is 1. The number of fused-ring (bicyclic) bond motifs is 4. The highest BCUT2D eigenvalue weighted by Gasteiger charge is 2.44. The van der Waals surface area contributed by atoms with Gasteiger partial charge in [0.2, 0.25) is 5.91 Å². The molecule has 19 heteroatoms. The van der Waals surface area contributed by atoms with Gasteiger partial charge in [-0.3, -0.25) is 15.0 Å². The zero-order chi connectivity index (χ0) is 45.4. The lowest BCUT2D eigenvalue weighted by Crippen LogP contribution is -2.33. The summed E-state index contributed by atoms with van der Waals surface area (Å²) in [7, 11) is 1.56. The van der Waals surface area contributed by atoms with Crippen molar-refractivity contribution in [3.05, 3.63) is 58.7 Å². The summed E-state index contributed by atoms with van der Waals surface area (Å²) in [6.07, 6.45) is 0.998. The van der Waals surface area contributed by atoms with Crippen molar-refractivity contribution >= 4 is 17.4 Å². The van der Waals surface area contributed by atoms with Gasteiger partial charge in [0, 0.05) is 41.7 Å². The topological polar surface area (TPSA) is 225 Å². The van der Waals surface area contributed by atoms with Crippen LogP contribution in [0.3, 0.4) is 0 Å². The predicted octanol–water partition coefficient (Wildman–Crippen LogP) is 2.59. The number of benzene rings is 2. The summed E-state index contributed by atoms with van der Waals surface area (Å²) in [5.74, 6) is 6.74. The molecule has 3 heterocycles. The quantitative estimate of drug-likeness (QED) is 0.0297. The molecular formula is C45H65N3O16. The minimum atomic E-state index is -0.376.